The second kappa shape index (κ2) is 10.9. The van der Waals surface area contributed by atoms with Crippen molar-refractivity contribution in [3.05, 3.63) is 53.6 Å². The normalized spacial score (nSPS) is 21.1. The molecule has 0 aromatic heterocycles. The van der Waals surface area contributed by atoms with Crippen molar-refractivity contribution in [2.45, 2.75) is 65.2 Å². The van der Waals surface area contributed by atoms with Crippen molar-refractivity contribution in [3.63, 3.8) is 0 Å². The highest BCUT2D eigenvalue weighted by Gasteiger charge is 2.18. The predicted octanol–water partition coefficient (Wildman–Crippen LogP) is 6.82. The lowest BCUT2D eigenvalue weighted by atomic mass is 9.80. The van der Waals surface area contributed by atoms with Crippen LogP contribution in [-0.2, 0) is 6.42 Å². The summed E-state index contributed by atoms with van der Waals surface area (Å²) < 4.78 is 0. The van der Waals surface area contributed by atoms with E-state index in [0.717, 1.165) is 18.3 Å². The molecule has 0 nitrogen and oxygen atoms in total. The van der Waals surface area contributed by atoms with Crippen LogP contribution in [0, 0.1) is 23.7 Å². The Morgan fingerprint density at radius 2 is 1.67 bits per heavy atom. The lowest BCUT2D eigenvalue weighted by molar-refractivity contribution is 0.291. The molecule has 0 N–H and O–H groups in total. The Hall–Kier alpha value is -1.74. The summed E-state index contributed by atoms with van der Waals surface area (Å²) in [6, 6.07) is 8.68. The maximum atomic E-state index is 3.15. The number of hydrogen-bond donors (Lipinski definition) is 0. The molecule has 0 unspecified atom stereocenters. The summed E-state index contributed by atoms with van der Waals surface area (Å²) in [4.78, 5) is 0. The first-order valence-corrected chi connectivity index (χ1v) is 9.75. The highest BCUT2D eigenvalue weighted by atomic mass is 14.2. The van der Waals surface area contributed by atoms with Gasteiger partial charge in [0, 0.05) is 0 Å². The highest BCUT2D eigenvalue weighted by molar-refractivity contribution is 5.53. The molecular formula is C24H32. The Bertz CT molecular complexity index is 569. The maximum Gasteiger partial charge on any atom is -0.0109 e. The van der Waals surface area contributed by atoms with Crippen molar-refractivity contribution in [2.75, 3.05) is 0 Å². The van der Waals surface area contributed by atoms with Crippen molar-refractivity contribution in [1.82, 2.24) is 0 Å². The fourth-order valence-corrected chi connectivity index (χ4v) is 3.44. The summed E-state index contributed by atoms with van der Waals surface area (Å²) in [7, 11) is 0. The van der Waals surface area contributed by atoms with Gasteiger partial charge in [-0.05, 0) is 73.3 Å². The zero-order chi connectivity index (χ0) is 17.0. The van der Waals surface area contributed by atoms with E-state index in [4.69, 9.17) is 0 Å². The molecule has 24 heavy (non-hydrogen) atoms. The Labute approximate surface area is 149 Å². The quantitative estimate of drug-likeness (QED) is 0.504. The fourth-order valence-electron chi connectivity index (χ4n) is 3.44. The molecule has 1 saturated carbocycles. The molecule has 0 aliphatic heterocycles. The minimum atomic E-state index is 0.753. The lowest BCUT2D eigenvalue weighted by Gasteiger charge is -2.26. The number of rotatable bonds is 6. The van der Waals surface area contributed by atoms with Crippen LogP contribution >= 0.6 is 0 Å². The lowest BCUT2D eigenvalue weighted by Crippen LogP contribution is -2.12. The smallest absolute Gasteiger partial charge is 0.0109 e. The Morgan fingerprint density at radius 3 is 2.33 bits per heavy atom. The Balaban J connectivity index is 1.70. The van der Waals surface area contributed by atoms with Gasteiger partial charge in [-0.25, -0.2) is 0 Å². The van der Waals surface area contributed by atoms with Gasteiger partial charge < -0.3 is 0 Å². The van der Waals surface area contributed by atoms with Crippen LogP contribution in [0.15, 0.2) is 42.5 Å². The zero-order valence-electron chi connectivity index (χ0n) is 15.4. The van der Waals surface area contributed by atoms with Crippen LogP contribution in [0.3, 0.4) is 0 Å². The van der Waals surface area contributed by atoms with Crippen LogP contribution in [0.5, 0.6) is 0 Å². The molecule has 1 fully saturated rings. The summed E-state index contributed by atoms with van der Waals surface area (Å²) in [6.07, 6.45) is 19.2. The van der Waals surface area contributed by atoms with Crippen molar-refractivity contribution < 1.29 is 0 Å². The number of allylic oxidation sites excluding steroid dienone is 3. The van der Waals surface area contributed by atoms with E-state index in [0.29, 0.717) is 0 Å². The van der Waals surface area contributed by atoms with Gasteiger partial charge in [-0.1, -0.05) is 75.3 Å². The van der Waals surface area contributed by atoms with E-state index in [1.165, 1.54) is 56.1 Å². The van der Waals surface area contributed by atoms with Crippen molar-refractivity contribution in [2.24, 2.45) is 11.8 Å². The molecule has 0 amide bonds. The van der Waals surface area contributed by atoms with E-state index in [9.17, 15) is 0 Å². The van der Waals surface area contributed by atoms with Crippen LogP contribution < -0.4 is 0 Å². The molecule has 1 aromatic carbocycles. The second-order valence-electron chi connectivity index (χ2n) is 7.00. The van der Waals surface area contributed by atoms with E-state index < -0.39 is 0 Å². The monoisotopic (exact) mass is 320 g/mol. The van der Waals surface area contributed by atoms with E-state index in [2.05, 4.69) is 68.2 Å². The van der Waals surface area contributed by atoms with Crippen molar-refractivity contribution >= 4 is 6.08 Å². The SMILES string of the molecule is CCCC[C@H]1CC[C@H](C=CC#CC=Cc2ccc(CC)cc2)CC1. The van der Waals surface area contributed by atoms with Crippen molar-refractivity contribution in [1.29, 1.82) is 0 Å². The Morgan fingerprint density at radius 1 is 0.958 bits per heavy atom. The summed E-state index contributed by atoms with van der Waals surface area (Å²) in [5, 5.41) is 0. The second-order valence-corrected chi connectivity index (χ2v) is 7.00. The van der Waals surface area contributed by atoms with E-state index in [1.54, 1.807) is 0 Å². The number of hydrogen-bond acceptors (Lipinski definition) is 0. The molecule has 0 radical (unpaired) electrons. The van der Waals surface area contributed by atoms with E-state index in [-0.39, 0.29) is 0 Å². The van der Waals surface area contributed by atoms with Crippen molar-refractivity contribution in [3.8, 4) is 11.8 Å². The summed E-state index contributed by atoms with van der Waals surface area (Å²) in [5.74, 6) is 8.02. The van der Waals surface area contributed by atoms with Crippen LogP contribution in [0.1, 0.15) is 69.9 Å². The summed E-state index contributed by atoms with van der Waals surface area (Å²) in [6.45, 7) is 4.47. The average molecular weight is 321 g/mol. The van der Waals surface area contributed by atoms with Gasteiger partial charge in [0.05, 0.1) is 0 Å². The molecule has 0 atom stereocenters. The van der Waals surface area contributed by atoms with Gasteiger partial charge >= 0.3 is 0 Å². The first kappa shape index (κ1) is 18.6. The predicted molar refractivity (Wildman–Crippen MR) is 107 cm³/mol. The summed E-state index contributed by atoms with van der Waals surface area (Å²) >= 11 is 0. The molecule has 1 aromatic rings. The molecule has 0 spiro atoms. The summed E-state index contributed by atoms with van der Waals surface area (Å²) in [5.41, 5.74) is 2.60. The van der Waals surface area contributed by atoms with Crippen LogP contribution in [0.4, 0.5) is 0 Å². The maximum absolute atomic E-state index is 3.15. The zero-order valence-corrected chi connectivity index (χ0v) is 15.4. The van der Waals surface area contributed by atoms with Gasteiger partial charge in [0.25, 0.3) is 0 Å². The highest BCUT2D eigenvalue weighted by Crippen LogP contribution is 2.32. The van der Waals surface area contributed by atoms with E-state index in [1.807, 2.05) is 6.08 Å². The molecule has 0 heteroatoms. The van der Waals surface area contributed by atoms with Gasteiger partial charge in [-0.3, -0.25) is 0 Å². The third-order valence-corrected chi connectivity index (χ3v) is 5.14. The standard InChI is InChI=1S/C24H32/c1-3-5-10-22-17-19-24(20-18-22)12-9-7-6-8-11-23-15-13-21(4-2)14-16-23/h8-9,11-16,22,24H,3-5,10,17-20H2,1-2H3/t22-,24-. The molecule has 0 heterocycles. The molecule has 0 saturated heterocycles. The minimum absolute atomic E-state index is 0.753. The minimum Gasteiger partial charge on any atom is -0.0730 e. The topological polar surface area (TPSA) is 0 Å². The van der Waals surface area contributed by atoms with Crippen LogP contribution in [0.25, 0.3) is 6.08 Å². The van der Waals surface area contributed by atoms with E-state index >= 15 is 0 Å². The van der Waals surface area contributed by atoms with Gasteiger partial charge in [0.15, 0.2) is 0 Å². The third kappa shape index (κ3) is 6.79. The first-order valence-electron chi connectivity index (χ1n) is 9.75. The number of benzene rings is 1. The average Bonchev–Trinajstić information content (AvgIpc) is 2.64. The van der Waals surface area contributed by atoms with Gasteiger partial charge in [-0.15, -0.1) is 0 Å². The first-order chi connectivity index (χ1) is 11.8. The third-order valence-electron chi connectivity index (χ3n) is 5.14. The van der Waals surface area contributed by atoms with Gasteiger partial charge in [0.1, 0.15) is 0 Å². The van der Waals surface area contributed by atoms with Gasteiger partial charge in [0.2, 0.25) is 0 Å². The number of aryl methyl sites for hydroxylation is 1. The molecule has 128 valence electrons. The number of unbranched alkanes of at least 4 members (excludes halogenated alkanes) is 1. The molecule has 2 rings (SSSR count). The molecule has 0 bridgehead atoms. The van der Waals surface area contributed by atoms with Gasteiger partial charge in [-0.2, -0.15) is 0 Å². The largest absolute Gasteiger partial charge is 0.0730 e. The molecule has 1 aliphatic carbocycles. The van der Waals surface area contributed by atoms with Crippen LogP contribution in [0.2, 0.25) is 0 Å². The molecule has 1 aliphatic rings. The van der Waals surface area contributed by atoms with Crippen LogP contribution in [-0.4, -0.2) is 0 Å². The Kier molecular flexibility index (Phi) is 8.47. The fraction of sp³-hybridized carbons (Fsp3) is 0.500. The molecular weight excluding hydrogens is 288 g/mol.